The van der Waals surface area contributed by atoms with Crippen LogP contribution in [0.4, 0.5) is 0 Å². The van der Waals surface area contributed by atoms with Crippen molar-refractivity contribution in [2.45, 2.75) is 6.92 Å². The fourth-order valence-electron chi connectivity index (χ4n) is 2.80. The lowest BCUT2D eigenvalue weighted by Gasteiger charge is -2.12. The molecule has 0 atom stereocenters. The molecule has 0 N–H and O–H groups in total. The van der Waals surface area contributed by atoms with Crippen LogP contribution in [0.25, 0.3) is 22.4 Å². The highest BCUT2D eigenvalue weighted by molar-refractivity contribution is 6.35. The van der Waals surface area contributed by atoms with Gasteiger partial charge in [-0.2, -0.15) is 0 Å². The number of halogens is 1. The molecular formula is C18H15ClN4O. The van der Waals surface area contributed by atoms with Crippen molar-refractivity contribution in [1.29, 1.82) is 0 Å². The molecule has 0 aliphatic rings. The average molecular weight is 339 g/mol. The zero-order valence-electron chi connectivity index (χ0n) is 13.3. The largest absolute Gasteiger partial charge is 0.494 e. The fraction of sp³-hybridized carbons (Fsp3) is 0.111. The molecule has 24 heavy (non-hydrogen) atoms. The summed E-state index contributed by atoms with van der Waals surface area (Å²) in [6.45, 7) is 1.96. The third-order valence-corrected chi connectivity index (χ3v) is 4.30. The van der Waals surface area contributed by atoms with Crippen LogP contribution in [0.2, 0.25) is 5.02 Å². The van der Waals surface area contributed by atoms with Gasteiger partial charge >= 0.3 is 0 Å². The summed E-state index contributed by atoms with van der Waals surface area (Å²) in [6, 6.07) is 9.76. The standard InChI is InChI=1S/C18H15ClN4O/c1-12-10-22(11-21-12)16-4-3-13(9-17(16)24-2)23-8-6-14-15(19)5-7-20-18(14)23/h3-11H,1-2H3. The molecule has 5 nitrogen and oxygen atoms in total. The normalized spacial score (nSPS) is 11.1. The molecule has 0 bridgehead atoms. The number of aromatic nitrogens is 4. The number of hydrogen-bond acceptors (Lipinski definition) is 3. The van der Waals surface area contributed by atoms with E-state index < -0.39 is 0 Å². The van der Waals surface area contributed by atoms with Crippen LogP contribution in [0.5, 0.6) is 5.75 Å². The van der Waals surface area contributed by atoms with Gasteiger partial charge in [-0.15, -0.1) is 0 Å². The Hall–Kier alpha value is -2.79. The zero-order chi connectivity index (χ0) is 16.7. The summed E-state index contributed by atoms with van der Waals surface area (Å²) < 4.78 is 9.51. The van der Waals surface area contributed by atoms with Crippen LogP contribution in [0.15, 0.2) is 55.2 Å². The molecule has 1 aromatic carbocycles. The summed E-state index contributed by atoms with van der Waals surface area (Å²) in [5.74, 6) is 0.758. The number of ether oxygens (including phenoxy) is 1. The second-order valence-corrected chi connectivity index (χ2v) is 5.90. The van der Waals surface area contributed by atoms with E-state index in [0.717, 1.165) is 33.9 Å². The van der Waals surface area contributed by atoms with E-state index in [1.54, 1.807) is 25.7 Å². The van der Waals surface area contributed by atoms with Gasteiger partial charge in [-0.3, -0.25) is 0 Å². The lowest BCUT2D eigenvalue weighted by molar-refractivity contribution is 0.412. The predicted molar refractivity (Wildman–Crippen MR) is 94.5 cm³/mol. The lowest BCUT2D eigenvalue weighted by Crippen LogP contribution is -1.99. The topological polar surface area (TPSA) is 44.9 Å². The second kappa shape index (κ2) is 5.69. The van der Waals surface area contributed by atoms with Crippen LogP contribution in [0.1, 0.15) is 5.69 Å². The van der Waals surface area contributed by atoms with E-state index in [4.69, 9.17) is 16.3 Å². The third kappa shape index (κ3) is 2.34. The minimum absolute atomic E-state index is 0.691. The summed E-state index contributed by atoms with van der Waals surface area (Å²) in [6.07, 6.45) is 7.41. The molecule has 0 radical (unpaired) electrons. The second-order valence-electron chi connectivity index (χ2n) is 5.49. The Balaban J connectivity index is 1.86. The molecule has 0 aliphatic heterocycles. The van der Waals surface area contributed by atoms with E-state index in [1.807, 2.05) is 52.7 Å². The van der Waals surface area contributed by atoms with Crippen molar-refractivity contribution >= 4 is 22.6 Å². The molecule has 6 heteroatoms. The molecule has 3 heterocycles. The van der Waals surface area contributed by atoms with Crippen LogP contribution in [0, 0.1) is 6.92 Å². The highest BCUT2D eigenvalue weighted by Gasteiger charge is 2.11. The summed E-state index contributed by atoms with van der Waals surface area (Å²) in [5, 5.41) is 1.61. The number of nitrogens with zero attached hydrogens (tertiary/aromatic N) is 4. The number of hydrogen-bond donors (Lipinski definition) is 0. The van der Waals surface area contributed by atoms with Gasteiger partial charge in [0.05, 0.1) is 35.5 Å². The van der Waals surface area contributed by atoms with Crippen molar-refractivity contribution in [3.05, 3.63) is 66.0 Å². The first-order valence-electron chi connectivity index (χ1n) is 7.48. The SMILES string of the molecule is COc1cc(-n2ccc3c(Cl)ccnc32)ccc1-n1cnc(C)c1. The summed E-state index contributed by atoms with van der Waals surface area (Å²) in [7, 11) is 1.66. The van der Waals surface area contributed by atoms with Crippen LogP contribution in [-0.2, 0) is 0 Å². The minimum atomic E-state index is 0.691. The van der Waals surface area contributed by atoms with Gasteiger partial charge in [0, 0.05) is 30.0 Å². The van der Waals surface area contributed by atoms with Crippen LogP contribution in [-0.4, -0.2) is 26.2 Å². The Bertz CT molecular complexity index is 1030. The van der Waals surface area contributed by atoms with E-state index >= 15 is 0 Å². The maximum Gasteiger partial charge on any atom is 0.145 e. The number of pyridine rings is 1. The Morgan fingerprint density at radius 3 is 2.75 bits per heavy atom. The van der Waals surface area contributed by atoms with Gasteiger partial charge in [-0.25, -0.2) is 9.97 Å². The van der Waals surface area contributed by atoms with Crippen LogP contribution < -0.4 is 4.74 Å². The number of benzene rings is 1. The first-order chi connectivity index (χ1) is 11.7. The van der Waals surface area contributed by atoms with Gasteiger partial charge in [0.2, 0.25) is 0 Å². The van der Waals surface area contributed by atoms with Crippen molar-refractivity contribution in [2.24, 2.45) is 0 Å². The number of imidazole rings is 1. The molecule has 0 saturated heterocycles. The first-order valence-corrected chi connectivity index (χ1v) is 7.86. The highest BCUT2D eigenvalue weighted by Crippen LogP contribution is 2.29. The highest BCUT2D eigenvalue weighted by atomic mass is 35.5. The summed E-state index contributed by atoms with van der Waals surface area (Å²) in [5.41, 5.74) is 3.66. The molecule has 0 aliphatic carbocycles. The van der Waals surface area contributed by atoms with E-state index in [1.165, 1.54) is 0 Å². The number of rotatable bonds is 3. The van der Waals surface area contributed by atoms with Gasteiger partial charge in [0.25, 0.3) is 0 Å². The average Bonchev–Trinajstić information content (AvgIpc) is 3.21. The number of aryl methyl sites for hydroxylation is 1. The van der Waals surface area contributed by atoms with Gasteiger partial charge in [0.1, 0.15) is 11.4 Å². The van der Waals surface area contributed by atoms with E-state index in [9.17, 15) is 0 Å². The first kappa shape index (κ1) is 14.8. The quantitative estimate of drug-likeness (QED) is 0.563. The molecule has 0 saturated carbocycles. The van der Waals surface area contributed by atoms with Gasteiger partial charge in [0.15, 0.2) is 0 Å². The maximum absolute atomic E-state index is 6.24. The Morgan fingerprint density at radius 1 is 1.12 bits per heavy atom. The Kier molecular flexibility index (Phi) is 3.50. The van der Waals surface area contributed by atoms with Crippen LogP contribution in [0.3, 0.4) is 0 Å². The summed E-state index contributed by atoms with van der Waals surface area (Å²) >= 11 is 6.24. The lowest BCUT2D eigenvalue weighted by atomic mass is 10.2. The van der Waals surface area contributed by atoms with Crippen molar-refractivity contribution in [2.75, 3.05) is 7.11 Å². The van der Waals surface area contributed by atoms with E-state index in [-0.39, 0.29) is 0 Å². The molecule has 0 spiro atoms. The molecule has 4 rings (SSSR count). The summed E-state index contributed by atoms with van der Waals surface area (Å²) in [4.78, 5) is 8.71. The molecule has 4 aromatic rings. The number of methoxy groups -OCH3 is 1. The molecule has 120 valence electrons. The van der Waals surface area contributed by atoms with Gasteiger partial charge in [-0.05, 0) is 31.2 Å². The molecule has 0 amide bonds. The van der Waals surface area contributed by atoms with Gasteiger partial charge < -0.3 is 13.9 Å². The maximum atomic E-state index is 6.24. The fourth-order valence-corrected chi connectivity index (χ4v) is 3.00. The smallest absolute Gasteiger partial charge is 0.145 e. The van der Waals surface area contributed by atoms with Gasteiger partial charge in [-0.1, -0.05) is 11.6 Å². The molecular weight excluding hydrogens is 324 g/mol. The van der Waals surface area contributed by atoms with Crippen LogP contribution >= 0.6 is 11.6 Å². The molecule has 3 aromatic heterocycles. The van der Waals surface area contributed by atoms with Crippen molar-refractivity contribution < 1.29 is 4.74 Å². The Labute approximate surface area is 144 Å². The Morgan fingerprint density at radius 2 is 2.00 bits per heavy atom. The van der Waals surface area contributed by atoms with Crippen molar-refractivity contribution in [3.8, 4) is 17.1 Å². The van der Waals surface area contributed by atoms with E-state index in [0.29, 0.717) is 5.02 Å². The number of fused-ring (bicyclic) bond motifs is 1. The molecule has 0 unspecified atom stereocenters. The zero-order valence-corrected chi connectivity index (χ0v) is 14.0. The van der Waals surface area contributed by atoms with Crippen molar-refractivity contribution in [3.63, 3.8) is 0 Å². The van der Waals surface area contributed by atoms with Crippen molar-refractivity contribution in [1.82, 2.24) is 19.1 Å². The monoisotopic (exact) mass is 338 g/mol. The predicted octanol–water partition coefficient (Wildman–Crippen LogP) is 4.18. The molecule has 0 fully saturated rings. The van der Waals surface area contributed by atoms with E-state index in [2.05, 4.69) is 9.97 Å². The minimum Gasteiger partial charge on any atom is -0.494 e. The third-order valence-electron chi connectivity index (χ3n) is 3.97.